The molecule has 0 unspecified atom stereocenters. The average Bonchev–Trinajstić information content (AvgIpc) is 2.54. The molecule has 0 bridgehead atoms. The highest BCUT2D eigenvalue weighted by atomic mass is 32.2. The Morgan fingerprint density at radius 2 is 1.57 bits per heavy atom. The maximum Gasteiger partial charge on any atom is 0.215 e. The lowest BCUT2D eigenvalue weighted by Crippen LogP contribution is -2.29. The predicted octanol–water partition coefficient (Wildman–Crippen LogP) is 3.06. The Hall–Kier alpha value is -1.85. The molecular weight excluding hydrogens is 310 g/mol. The first-order valence-corrected chi connectivity index (χ1v) is 9.38. The van der Waals surface area contributed by atoms with Crippen molar-refractivity contribution < 1.29 is 13.2 Å². The van der Waals surface area contributed by atoms with E-state index in [1.165, 1.54) is 5.56 Å². The van der Waals surface area contributed by atoms with Crippen LogP contribution in [-0.4, -0.2) is 21.6 Å². The van der Waals surface area contributed by atoms with Gasteiger partial charge in [0.05, 0.1) is 5.75 Å². The minimum absolute atomic E-state index is 0.0154. The van der Waals surface area contributed by atoms with Gasteiger partial charge in [-0.3, -0.25) is 0 Å². The molecule has 0 aromatic heterocycles. The van der Waals surface area contributed by atoms with Crippen molar-refractivity contribution >= 4 is 10.0 Å². The lowest BCUT2D eigenvalue weighted by molar-refractivity contribution is 0.322. The van der Waals surface area contributed by atoms with Crippen LogP contribution < -0.4 is 9.46 Å². The van der Waals surface area contributed by atoms with Crippen molar-refractivity contribution in [3.8, 4) is 5.75 Å². The van der Waals surface area contributed by atoms with Gasteiger partial charge in [-0.05, 0) is 36.6 Å². The number of hydrogen-bond acceptors (Lipinski definition) is 3. The molecule has 0 spiro atoms. The van der Waals surface area contributed by atoms with Gasteiger partial charge in [-0.15, -0.1) is 0 Å². The third-order valence-corrected chi connectivity index (χ3v) is 4.86. The number of rotatable bonds is 8. The summed E-state index contributed by atoms with van der Waals surface area (Å²) < 4.78 is 32.1. The molecule has 1 N–H and O–H groups in total. The fraction of sp³-hybridized carbons (Fsp3) is 0.333. The van der Waals surface area contributed by atoms with Crippen LogP contribution in [0, 0.1) is 6.92 Å². The zero-order valence-corrected chi connectivity index (χ0v) is 14.4. The van der Waals surface area contributed by atoms with Crippen molar-refractivity contribution in [3.63, 3.8) is 0 Å². The fourth-order valence-electron chi connectivity index (χ4n) is 2.14. The van der Waals surface area contributed by atoms with Gasteiger partial charge in [0.1, 0.15) is 12.4 Å². The van der Waals surface area contributed by atoms with Gasteiger partial charge in [0, 0.05) is 6.54 Å². The van der Waals surface area contributed by atoms with E-state index in [4.69, 9.17) is 4.74 Å². The van der Waals surface area contributed by atoms with Gasteiger partial charge in [0.15, 0.2) is 0 Å². The molecule has 0 radical (unpaired) electrons. The molecule has 0 saturated carbocycles. The number of benzene rings is 2. The van der Waals surface area contributed by atoms with Crippen molar-refractivity contribution in [1.82, 2.24) is 4.72 Å². The van der Waals surface area contributed by atoms with E-state index in [9.17, 15) is 8.42 Å². The molecule has 0 aliphatic rings. The van der Waals surface area contributed by atoms with E-state index in [1.807, 2.05) is 55.5 Å². The molecule has 2 rings (SSSR count). The molecule has 23 heavy (non-hydrogen) atoms. The van der Waals surface area contributed by atoms with Gasteiger partial charge >= 0.3 is 0 Å². The Bertz CT molecular complexity index is 707. The molecule has 2 aromatic rings. The molecule has 0 saturated heterocycles. The topological polar surface area (TPSA) is 55.4 Å². The molecule has 0 heterocycles. The van der Waals surface area contributed by atoms with Crippen molar-refractivity contribution in [1.29, 1.82) is 0 Å². The molecule has 0 atom stereocenters. The average molecular weight is 333 g/mol. The van der Waals surface area contributed by atoms with E-state index in [0.29, 0.717) is 6.61 Å². The third-order valence-electron chi connectivity index (χ3n) is 3.50. The second-order valence-corrected chi connectivity index (χ2v) is 7.29. The molecule has 0 fully saturated rings. The number of ether oxygens (including phenoxy) is 1. The maximum absolute atomic E-state index is 12.0. The monoisotopic (exact) mass is 333 g/mol. The van der Waals surface area contributed by atoms with E-state index in [-0.39, 0.29) is 12.3 Å². The minimum Gasteiger partial charge on any atom is -0.492 e. The van der Waals surface area contributed by atoms with Crippen LogP contribution in [0.3, 0.4) is 0 Å². The number of nitrogens with one attached hydrogen (secondary N) is 1. The quantitative estimate of drug-likeness (QED) is 0.756. The summed E-state index contributed by atoms with van der Waals surface area (Å²) in [4.78, 5) is 0. The van der Waals surface area contributed by atoms with Crippen LogP contribution in [-0.2, 0) is 22.2 Å². The van der Waals surface area contributed by atoms with Crippen molar-refractivity contribution in [2.24, 2.45) is 0 Å². The van der Waals surface area contributed by atoms with Gasteiger partial charge in [-0.1, -0.05) is 48.9 Å². The maximum atomic E-state index is 12.0. The van der Waals surface area contributed by atoms with Crippen LogP contribution in [0.25, 0.3) is 0 Å². The molecule has 124 valence electrons. The summed E-state index contributed by atoms with van der Waals surface area (Å²) >= 11 is 0. The molecule has 0 aliphatic heterocycles. The van der Waals surface area contributed by atoms with Crippen LogP contribution in [0.2, 0.25) is 0 Å². The normalized spacial score (nSPS) is 11.4. The molecular formula is C18H23NO3S. The van der Waals surface area contributed by atoms with Crippen LogP contribution in [0.1, 0.15) is 23.6 Å². The summed E-state index contributed by atoms with van der Waals surface area (Å²) in [6, 6.07) is 15.3. The smallest absolute Gasteiger partial charge is 0.215 e. The summed E-state index contributed by atoms with van der Waals surface area (Å²) in [5.74, 6) is 0.735. The first-order chi connectivity index (χ1) is 11.0. The largest absolute Gasteiger partial charge is 0.492 e. The first-order valence-electron chi connectivity index (χ1n) is 7.73. The Kier molecular flexibility index (Phi) is 6.19. The van der Waals surface area contributed by atoms with Gasteiger partial charge in [-0.25, -0.2) is 13.1 Å². The predicted molar refractivity (Wildman–Crippen MR) is 93.1 cm³/mol. The molecule has 0 aliphatic carbocycles. The Balaban J connectivity index is 1.76. The highest BCUT2D eigenvalue weighted by molar-refractivity contribution is 7.88. The summed E-state index contributed by atoms with van der Waals surface area (Å²) in [5, 5.41) is 0. The molecule has 2 aromatic carbocycles. The number of hydrogen-bond donors (Lipinski definition) is 1. The fourth-order valence-corrected chi connectivity index (χ4v) is 3.27. The summed E-state index contributed by atoms with van der Waals surface area (Å²) in [7, 11) is -3.34. The zero-order chi connectivity index (χ0) is 16.7. The highest BCUT2D eigenvalue weighted by Crippen LogP contribution is 2.12. The van der Waals surface area contributed by atoms with Gasteiger partial charge in [0.25, 0.3) is 0 Å². The third kappa shape index (κ3) is 6.04. The van der Waals surface area contributed by atoms with Crippen LogP contribution in [0.5, 0.6) is 5.75 Å². The van der Waals surface area contributed by atoms with E-state index >= 15 is 0 Å². The second-order valence-electron chi connectivity index (χ2n) is 5.48. The van der Waals surface area contributed by atoms with Gasteiger partial charge < -0.3 is 4.74 Å². The molecule has 0 amide bonds. The lowest BCUT2D eigenvalue weighted by atomic mass is 10.2. The summed E-state index contributed by atoms with van der Waals surface area (Å²) in [6.45, 7) is 4.63. The van der Waals surface area contributed by atoms with E-state index in [0.717, 1.165) is 23.3 Å². The number of aryl methyl sites for hydroxylation is 2. The van der Waals surface area contributed by atoms with Gasteiger partial charge in [-0.2, -0.15) is 0 Å². The van der Waals surface area contributed by atoms with E-state index in [2.05, 4.69) is 11.6 Å². The van der Waals surface area contributed by atoms with Crippen LogP contribution in [0.15, 0.2) is 48.5 Å². The van der Waals surface area contributed by atoms with E-state index in [1.54, 1.807) is 0 Å². The van der Waals surface area contributed by atoms with Crippen LogP contribution >= 0.6 is 0 Å². The van der Waals surface area contributed by atoms with Crippen LogP contribution in [0.4, 0.5) is 0 Å². The lowest BCUT2D eigenvalue weighted by Gasteiger charge is -2.09. The first kappa shape index (κ1) is 17.5. The Morgan fingerprint density at radius 3 is 2.17 bits per heavy atom. The second kappa shape index (κ2) is 8.13. The van der Waals surface area contributed by atoms with E-state index < -0.39 is 10.0 Å². The number of sulfonamides is 1. The highest BCUT2D eigenvalue weighted by Gasteiger charge is 2.10. The summed E-state index contributed by atoms with van der Waals surface area (Å²) in [5.41, 5.74) is 3.14. The SMILES string of the molecule is CCc1ccc(OCCNS(=O)(=O)Cc2ccc(C)cc2)cc1. The van der Waals surface area contributed by atoms with Crippen molar-refractivity contribution in [2.75, 3.05) is 13.2 Å². The Morgan fingerprint density at radius 1 is 0.957 bits per heavy atom. The van der Waals surface area contributed by atoms with Gasteiger partial charge in [0.2, 0.25) is 10.0 Å². The molecule has 5 heteroatoms. The zero-order valence-electron chi connectivity index (χ0n) is 13.6. The summed E-state index contributed by atoms with van der Waals surface area (Å²) in [6.07, 6.45) is 0.985. The standard InChI is InChI=1S/C18H23NO3S/c1-3-16-8-10-18(11-9-16)22-13-12-19-23(20,21)14-17-6-4-15(2)5-7-17/h4-11,19H,3,12-14H2,1-2H3. The van der Waals surface area contributed by atoms with Crippen molar-refractivity contribution in [3.05, 3.63) is 65.2 Å². The van der Waals surface area contributed by atoms with Crippen molar-refractivity contribution in [2.45, 2.75) is 26.0 Å². The Labute approximate surface area is 138 Å². The molecule has 4 nitrogen and oxygen atoms in total. The minimum atomic E-state index is -3.34.